The highest BCUT2D eigenvalue weighted by molar-refractivity contribution is 5.79. The lowest BCUT2D eigenvalue weighted by molar-refractivity contribution is -0.145. The highest BCUT2D eigenvalue weighted by Gasteiger charge is 2.37. The second kappa shape index (κ2) is 5.42. The number of likely N-dealkylation sites (tertiary alicyclic amines) is 1. The van der Waals surface area contributed by atoms with Gasteiger partial charge >= 0.3 is 0 Å². The molecule has 1 aromatic rings. The molecule has 2 heterocycles. The zero-order valence-electron chi connectivity index (χ0n) is 12.5. The number of aryl methyl sites for hydroxylation is 2. The molecular formula is C15H23N3O3. The standard InChI is InChI=1S/C15H23N3O3/c1-17-8-12-4-3-11(7-13(12)16-17)14(20)18-6-2-5-15(21,9-18)10-19/h8,11,19,21H,2-7,9-10H2,1H3. The molecule has 1 aliphatic heterocycles. The fourth-order valence-corrected chi connectivity index (χ4v) is 3.53. The average Bonchev–Trinajstić information content (AvgIpc) is 2.85. The van der Waals surface area contributed by atoms with Crippen LogP contribution in [-0.2, 0) is 24.7 Å². The van der Waals surface area contributed by atoms with E-state index < -0.39 is 5.60 Å². The third-order valence-corrected chi connectivity index (χ3v) is 4.70. The first-order chi connectivity index (χ1) is 10.0. The largest absolute Gasteiger partial charge is 0.393 e. The number of hydrogen-bond acceptors (Lipinski definition) is 4. The van der Waals surface area contributed by atoms with Crippen LogP contribution in [0.15, 0.2) is 6.20 Å². The van der Waals surface area contributed by atoms with Gasteiger partial charge in [-0.15, -0.1) is 0 Å². The van der Waals surface area contributed by atoms with Gasteiger partial charge in [0.25, 0.3) is 0 Å². The van der Waals surface area contributed by atoms with E-state index in [1.807, 2.05) is 17.9 Å². The molecule has 0 spiro atoms. The lowest BCUT2D eigenvalue weighted by Gasteiger charge is -2.39. The van der Waals surface area contributed by atoms with E-state index in [1.54, 1.807) is 4.90 Å². The van der Waals surface area contributed by atoms with Crippen LogP contribution in [-0.4, -0.2) is 56.1 Å². The van der Waals surface area contributed by atoms with E-state index in [0.29, 0.717) is 19.4 Å². The van der Waals surface area contributed by atoms with Crippen molar-refractivity contribution in [2.75, 3.05) is 19.7 Å². The highest BCUT2D eigenvalue weighted by atomic mass is 16.3. The van der Waals surface area contributed by atoms with E-state index >= 15 is 0 Å². The number of nitrogens with zero attached hydrogens (tertiary/aromatic N) is 3. The summed E-state index contributed by atoms with van der Waals surface area (Å²) in [6, 6.07) is 0. The van der Waals surface area contributed by atoms with Gasteiger partial charge in [0, 0.05) is 32.1 Å². The summed E-state index contributed by atoms with van der Waals surface area (Å²) < 4.78 is 1.81. The van der Waals surface area contributed by atoms with Crippen molar-refractivity contribution in [3.63, 3.8) is 0 Å². The van der Waals surface area contributed by atoms with E-state index in [9.17, 15) is 15.0 Å². The van der Waals surface area contributed by atoms with Gasteiger partial charge in [-0.3, -0.25) is 9.48 Å². The third-order valence-electron chi connectivity index (χ3n) is 4.70. The molecule has 1 aliphatic carbocycles. The van der Waals surface area contributed by atoms with Crippen molar-refractivity contribution in [3.8, 4) is 0 Å². The minimum Gasteiger partial charge on any atom is -0.393 e. The van der Waals surface area contributed by atoms with Crippen molar-refractivity contribution < 1.29 is 15.0 Å². The molecule has 6 nitrogen and oxygen atoms in total. The molecule has 2 atom stereocenters. The average molecular weight is 293 g/mol. The van der Waals surface area contributed by atoms with Gasteiger partial charge in [0.2, 0.25) is 5.91 Å². The normalized spacial score (nSPS) is 29.3. The molecule has 6 heteroatoms. The van der Waals surface area contributed by atoms with Gasteiger partial charge in [-0.1, -0.05) is 0 Å². The molecule has 0 radical (unpaired) electrons. The Morgan fingerprint density at radius 2 is 2.38 bits per heavy atom. The first-order valence-electron chi connectivity index (χ1n) is 7.64. The molecular weight excluding hydrogens is 270 g/mol. The highest BCUT2D eigenvalue weighted by Crippen LogP contribution is 2.28. The quantitative estimate of drug-likeness (QED) is 0.796. The first-order valence-corrected chi connectivity index (χ1v) is 7.64. The summed E-state index contributed by atoms with van der Waals surface area (Å²) in [4.78, 5) is 14.4. The van der Waals surface area contributed by atoms with E-state index in [1.165, 1.54) is 5.56 Å². The van der Waals surface area contributed by atoms with E-state index in [4.69, 9.17) is 0 Å². The Balaban J connectivity index is 1.69. The molecule has 1 fully saturated rings. The Morgan fingerprint density at radius 1 is 1.57 bits per heavy atom. The second-order valence-electron chi connectivity index (χ2n) is 6.46. The van der Waals surface area contributed by atoms with E-state index in [-0.39, 0.29) is 25.0 Å². The maximum atomic E-state index is 12.7. The molecule has 0 bridgehead atoms. The molecule has 2 N–H and O–H groups in total. The molecule has 0 aromatic carbocycles. The number of amides is 1. The Bertz CT molecular complexity index is 542. The molecule has 116 valence electrons. The van der Waals surface area contributed by atoms with Crippen LogP contribution in [0, 0.1) is 5.92 Å². The molecule has 2 aliphatic rings. The fraction of sp³-hybridized carbons (Fsp3) is 0.733. The van der Waals surface area contributed by atoms with Gasteiger partial charge in [-0.05, 0) is 31.2 Å². The summed E-state index contributed by atoms with van der Waals surface area (Å²) in [5.41, 5.74) is 1.14. The molecule has 0 saturated carbocycles. The van der Waals surface area contributed by atoms with Crippen molar-refractivity contribution in [3.05, 3.63) is 17.5 Å². The third kappa shape index (κ3) is 2.82. The Morgan fingerprint density at radius 3 is 3.14 bits per heavy atom. The number of aliphatic hydroxyl groups excluding tert-OH is 1. The van der Waals surface area contributed by atoms with Crippen LogP contribution in [0.2, 0.25) is 0 Å². The number of carbonyl (C=O) groups is 1. The summed E-state index contributed by atoms with van der Waals surface area (Å²) in [5, 5.41) is 23.9. The Labute approximate surface area is 124 Å². The van der Waals surface area contributed by atoms with Gasteiger partial charge in [-0.2, -0.15) is 5.10 Å². The monoisotopic (exact) mass is 293 g/mol. The van der Waals surface area contributed by atoms with Crippen molar-refractivity contribution in [1.82, 2.24) is 14.7 Å². The van der Waals surface area contributed by atoms with Crippen LogP contribution in [0.1, 0.15) is 30.5 Å². The number of carbonyl (C=O) groups excluding carboxylic acids is 1. The molecule has 21 heavy (non-hydrogen) atoms. The van der Waals surface area contributed by atoms with E-state index in [0.717, 1.165) is 25.0 Å². The maximum Gasteiger partial charge on any atom is 0.226 e. The van der Waals surface area contributed by atoms with Gasteiger partial charge in [0.05, 0.1) is 18.8 Å². The number of rotatable bonds is 2. The van der Waals surface area contributed by atoms with Crippen molar-refractivity contribution >= 4 is 5.91 Å². The summed E-state index contributed by atoms with van der Waals surface area (Å²) in [5.74, 6) is 0.0475. The lowest BCUT2D eigenvalue weighted by Crippen LogP contribution is -2.54. The molecule has 2 unspecified atom stereocenters. The van der Waals surface area contributed by atoms with Gasteiger partial charge in [0.1, 0.15) is 5.60 Å². The predicted octanol–water partition coefficient (Wildman–Crippen LogP) is -0.129. The summed E-state index contributed by atoms with van der Waals surface area (Å²) in [7, 11) is 1.90. The lowest BCUT2D eigenvalue weighted by atomic mass is 9.85. The second-order valence-corrected chi connectivity index (χ2v) is 6.46. The zero-order valence-corrected chi connectivity index (χ0v) is 12.5. The first kappa shape index (κ1) is 14.5. The van der Waals surface area contributed by atoms with Gasteiger partial charge in [-0.25, -0.2) is 0 Å². The summed E-state index contributed by atoms with van der Waals surface area (Å²) in [6.07, 6.45) is 5.74. The topological polar surface area (TPSA) is 78.6 Å². The number of fused-ring (bicyclic) bond motifs is 1. The van der Waals surface area contributed by atoms with Crippen LogP contribution in [0.5, 0.6) is 0 Å². The SMILES string of the molecule is Cn1cc2c(n1)CC(C(=O)N1CCCC(O)(CO)C1)CC2. The Kier molecular flexibility index (Phi) is 3.75. The molecule has 1 saturated heterocycles. The smallest absolute Gasteiger partial charge is 0.226 e. The minimum atomic E-state index is -1.13. The zero-order chi connectivity index (χ0) is 15.0. The van der Waals surface area contributed by atoms with Crippen molar-refractivity contribution in [1.29, 1.82) is 0 Å². The molecule has 1 aromatic heterocycles. The van der Waals surface area contributed by atoms with Crippen LogP contribution in [0.3, 0.4) is 0 Å². The Hall–Kier alpha value is -1.40. The number of aliphatic hydroxyl groups is 2. The number of β-amino-alcohol motifs (C(OH)–C–C–N with tert-alkyl or cyclic N) is 1. The van der Waals surface area contributed by atoms with Crippen molar-refractivity contribution in [2.45, 2.75) is 37.7 Å². The van der Waals surface area contributed by atoms with Gasteiger partial charge in [0.15, 0.2) is 0 Å². The number of hydrogen-bond donors (Lipinski definition) is 2. The van der Waals surface area contributed by atoms with E-state index in [2.05, 4.69) is 5.10 Å². The minimum absolute atomic E-state index is 0.0477. The summed E-state index contributed by atoms with van der Waals surface area (Å²) >= 11 is 0. The van der Waals surface area contributed by atoms with Crippen LogP contribution < -0.4 is 0 Å². The fourth-order valence-electron chi connectivity index (χ4n) is 3.53. The van der Waals surface area contributed by atoms with Crippen LogP contribution >= 0.6 is 0 Å². The molecule has 3 rings (SSSR count). The number of aromatic nitrogens is 2. The predicted molar refractivity (Wildman–Crippen MR) is 76.6 cm³/mol. The van der Waals surface area contributed by atoms with Crippen LogP contribution in [0.4, 0.5) is 0 Å². The van der Waals surface area contributed by atoms with Crippen LogP contribution in [0.25, 0.3) is 0 Å². The summed E-state index contributed by atoms with van der Waals surface area (Å²) in [6.45, 7) is 0.631. The van der Waals surface area contributed by atoms with Crippen molar-refractivity contribution in [2.24, 2.45) is 13.0 Å². The number of piperidine rings is 1. The van der Waals surface area contributed by atoms with Gasteiger partial charge < -0.3 is 15.1 Å². The maximum absolute atomic E-state index is 12.7. The molecule has 1 amide bonds.